The van der Waals surface area contributed by atoms with E-state index in [-0.39, 0.29) is 0 Å². The van der Waals surface area contributed by atoms with Crippen LogP contribution in [0.4, 0.5) is 16.4 Å². The molecule has 0 aliphatic carbocycles. The minimum Gasteiger partial charge on any atom is -0.302 e. The van der Waals surface area contributed by atoms with Crippen molar-refractivity contribution in [2.24, 2.45) is 0 Å². The molecule has 0 saturated heterocycles. The molecule has 0 bridgehead atoms. The Morgan fingerprint density at radius 3 is 1.78 bits per heavy atom. The van der Waals surface area contributed by atoms with Gasteiger partial charge in [-0.15, -0.1) is 11.3 Å². The maximum atomic E-state index is 4.42. The lowest BCUT2D eigenvalue weighted by atomic mass is 10.1. The van der Waals surface area contributed by atoms with E-state index >= 15 is 0 Å². The van der Waals surface area contributed by atoms with Gasteiger partial charge in [0, 0.05) is 23.8 Å². The van der Waals surface area contributed by atoms with Gasteiger partial charge in [0.25, 0.3) is 0 Å². The molecule has 0 aliphatic rings. The van der Waals surface area contributed by atoms with Crippen LogP contribution in [0.2, 0.25) is 0 Å². The zero-order chi connectivity index (χ0) is 18.8. The lowest BCUT2D eigenvalue weighted by molar-refractivity contribution is 1.17. The summed E-state index contributed by atoms with van der Waals surface area (Å²) in [5.41, 5.74) is 4.76. The standard InChI is InChI=1S/C22H18BrN3S/c1-15-3-7-18(8-4-15)26(19-9-5-16(2)6-10-19)21-12-11-20(27-21)22-24-13-17(23)14-25-22/h3-14H,1-2H3. The monoisotopic (exact) mass is 435 g/mol. The van der Waals surface area contributed by atoms with Gasteiger partial charge in [-0.1, -0.05) is 35.4 Å². The summed E-state index contributed by atoms with van der Waals surface area (Å²) >= 11 is 5.07. The number of aromatic nitrogens is 2. The van der Waals surface area contributed by atoms with Crippen LogP contribution in [0.1, 0.15) is 11.1 Å². The number of benzene rings is 2. The summed E-state index contributed by atoms with van der Waals surface area (Å²) in [6, 6.07) is 21.4. The second-order valence-electron chi connectivity index (χ2n) is 6.37. The van der Waals surface area contributed by atoms with Crippen molar-refractivity contribution in [1.82, 2.24) is 9.97 Å². The number of halogens is 1. The minimum atomic E-state index is 0.738. The van der Waals surface area contributed by atoms with Gasteiger partial charge in [0.15, 0.2) is 5.82 Å². The molecule has 3 nitrogen and oxygen atoms in total. The molecule has 0 atom stereocenters. The van der Waals surface area contributed by atoms with E-state index in [1.165, 1.54) is 11.1 Å². The summed E-state index contributed by atoms with van der Waals surface area (Å²) in [7, 11) is 0. The maximum absolute atomic E-state index is 4.42. The highest BCUT2D eigenvalue weighted by atomic mass is 79.9. The van der Waals surface area contributed by atoms with E-state index in [0.717, 1.165) is 31.6 Å². The molecule has 0 amide bonds. The van der Waals surface area contributed by atoms with Crippen LogP contribution in [0.3, 0.4) is 0 Å². The van der Waals surface area contributed by atoms with Crippen molar-refractivity contribution in [2.75, 3.05) is 4.90 Å². The van der Waals surface area contributed by atoms with E-state index < -0.39 is 0 Å². The summed E-state index contributed by atoms with van der Waals surface area (Å²) in [5, 5.41) is 1.13. The van der Waals surface area contributed by atoms with Crippen molar-refractivity contribution in [1.29, 1.82) is 0 Å². The Balaban J connectivity index is 1.78. The largest absolute Gasteiger partial charge is 0.302 e. The molecule has 2 aromatic heterocycles. The summed E-state index contributed by atoms with van der Waals surface area (Å²) in [6.07, 6.45) is 3.55. The van der Waals surface area contributed by atoms with Crippen LogP contribution in [0.25, 0.3) is 10.7 Å². The highest BCUT2D eigenvalue weighted by Crippen LogP contribution is 2.41. The highest BCUT2D eigenvalue weighted by Gasteiger charge is 2.16. The first-order valence-corrected chi connectivity index (χ1v) is 10.2. The molecule has 5 heteroatoms. The van der Waals surface area contributed by atoms with Crippen molar-refractivity contribution in [3.63, 3.8) is 0 Å². The normalized spacial score (nSPS) is 10.8. The molecule has 134 valence electrons. The first-order chi connectivity index (χ1) is 13.1. The number of hydrogen-bond donors (Lipinski definition) is 0. The molecule has 4 aromatic rings. The first kappa shape index (κ1) is 17.9. The predicted molar refractivity (Wildman–Crippen MR) is 117 cm³/mol. The van der Waals surface area contributed by atoms with E-state index in [1.807, 2.05) is 0 Å². The zero-order valence-corrected chi connectivity index (χ0v) is 17.5. The molecule has 0 aliphatic heterocycles. The average Bonchev–Trinajstić information content (AvgIpc) is 3.15. The highest BCUT2D eigenvalue weighted by molar-refractivity contribution is 9.10. The maximum Gasteiger partial charge on any atom is 0.169 e. The number of aryl methyl sites for hydroxylation is 2. The molecule has 0 N–H and O–H groups in total. The molecule has 0 unspecified atom stereocenters. The molecule has 2 aromatic carbocycles. The average molecular weight is 436 g/mol. The summed E-state index contributed by atoms with van der Waals surface area (Å²) in [5.74, 6) is 0.738. The van der Waals surface area contributed by atoms with E-state index in [2.05, 4.69) is 105 Å². The van der Waals surface area contributed by atoms with Crippen molar-refractivity contribution in [3.8, 4) is 10.7 Å². The summed E-state index contributed by atoms with van der Waals surface area (Å²) in [4.78, 5) is 12.2. The lowest BCUT2D eigenvalue weighted by Gasteiger charge is -2.23. The van der Waals surface area contributed by atoms with Crippen molar-refractivity contribution in [2.45, 2.75) is 13.8 Å². The van der Waals surface area contributed by atoms with Crippen LogP contribution < -0.4 is 4.90 Å². The van der Waals surface area contributed by atoms with E-state index in [9.17, 15) is 0 Å². The Morgan fingerprint density at radius 1 is 0.741 bits per heavy atom. The van der Waals surface area contributed by atoms with E-state index in [0.29, 0.717) is 0 Å². The van der Waals surface area contributed by atoms with Crippen LogP contribution in [0.15, 0.2) is 77.5 Å². The molecule has 0 radical (unpaired) electrons. The minimum absolute atomic E-state index is 0.738. The quantitative estimate of drug-likeness (QED) is 0.343. The van der Waals surface area contributed by atoms with Crippen molar-refractivity contribution in [3.05, 3.63) is 88.7 Å². The van der Waals surface area contributed by atoms with Crippen LogP contribution in [-0.4, -0.2) is 9.97 Å². The molecular weight excluding hydrogens is 418 g/mol. The number of hydrogen-bond acceptors (Lipinski definition) is 4. The Labute approximate surface area is 171 Å². The van der Waals surface area contributed by atoms with Gasteiger partial charge >= 0.3 is 0 Å². The molecule has 0 spiro atoms. The Morgan fingerprint density at radius 2 is 1.26 bits per heavy atom. The fraction of sp³-hybridized carbons (Fsp3) is 0.0909. The summed E-state index contributed by atoms with van der Waals surface area (Å²) < 4.78 is 0.879. The molecule has 4 rings (SSSR count). The van der Waals surface area contributed by atoms with Gasteiger partial charge in [-0.25, -0.2) is 9.97 Å². The van der Waals surface area contributed by atoms with Crippen LogP contribution in [0, 0.1) is 13.8 Å². The van der Waals surface area contributed by atoms with Gasteiger partial charge in [0.2, 0.25) is 0 Å². The molecule has 0 fully saturated rings. The van der Waals surface area contributed by atoms with Gasteiger partial charge in [-0.3, -0.25) is 0 Å². The summed E-state index contributed by atoms with van der Waals surface area (Å²) in [6.45, 7) is 4.21. The molecule has 2 heterocycles. The Kier molecular flexibility index (Phi) is 5.05. The third kappa shape index (κ3) is 3.94. The Hall–Kier alpha value is -2.50. The SMILES string of the molecule is Cc1ccc(N(c2ccc(C)cc2)c2ccc(-c3ncc(Br)cn3)s2)cc1. The first-order valence-electron chi connectivity index (χ1n) is 8.61. The van der Waals surface area contributed by atoms with Gasteiger partial charge in [0.1, 0.15) is 5.00 Å². The number of rotatable bonds is 4. The van der Waals surface area contributed by atoms with E-state index in [4.69, 9.17) is 0 Å². The number of anilines is 3. The second-order valence-corrected chi connectivity index (χ2v) is 8.35. The zero-order valence-electron chi connectivity index (χ0n) is 15.1. The topological polar surface area (TPSA) is 29.0 Å². The second kappa shape index (κ2) is 7.62. The smallest absolute Gasteiger partial charge is 0.169 e. The number of nitrogens with zero attached hydrogens (tertiary/aromatic N) is 3. The molecule has 27 heavy (non-hydrogen) atoms. The van der Waals surface area contributed by atoms with Crippen LogP contribution in [0.5, 0.6) is 0 Å². The van der Waals surface area contributed by atoms with Crippen LogP contribution in [-0.2, 0) is 0 Å². The van der Waals surface area contributed by atoms with Gasteiger partial charge < -0.3 is 4.90 Å². The third-order valence-corrected chi connectivity index (χ3v) is 5.71. The molecular formula is C22H18BrN3S. The van der Waals surface area contributed by atoms with Gasteiger partial charge in [0.05, 0.1) is 9.35 Å². The predicted octanol–water partition coefficient (Wildman–Crippen LogP) is 7.05. The fourth-order valence-electron chi connectivity index (χ4n) is 2.80. The number of thiophene rings is 1. The third-order valence-electron chi connectivity index (χ3n) is 4.24. The van der Waals surface area contributed by atoms with Gasteiger partial charge in [-0.05, 0) is 66.2 Å². The van der Waals surface area contributed by atoms with Crippen LogP contribution >= 0.6 is 27.3 Å². The van der Waals surface area contributed by atoms with Crippen molar-refractivity contribution < 1.29 is 0 Å². The van der Waals surface area contributed by atoms with E-state index in [1.54, 1.807) is 23.7 Å². The van der Waals surface area contributed by atoms with Crippen molar-refractivity contribution >= 4 is 43.6 Å². The fourth-order valence-corrected chi connectivity index (χ4v) is 4.00. The Bertz CT molecular complexity index is 993. The lowest BCUT2D eigenvalue weighted by Crippen LogP contribution is -2.08. The molecule has 0 saturated carbocycles. The van der Waals surface area contributed by atoms with Gasteiger partial charge in [-0.2, -0.15) is 0 Å².